The number of aromatic nitrogens is 2. The van der Waals surface area contributed by atoms with Gasteiger partial charge in [0.05, 0.1) is 12.0 Å². The van der Waals surface area contributed by atoms with Gasteiger partial charge in [0.25, 0.3) is 0 Å². The maximum absolute atomic E-state index is 11.4. The summed E-state index contributed by atoms with van der Waals surface area (Å²) in [5.74, 6) is 1.17. The van der Waals surface area contributed by atoms with Crippen LogP contribution in [0.2, 0.25) is 0 Å². The van der Waals surface area contributed by atoms with Gasteiger partial charge in [0.15, 0.2) is 0 Å². The quantitative estimate of drug-likeness (QED) is 0.565. The van der Waals surface area contributed by atoms with Crippen molar-refractivity contribution < 1.29 is 9.66 Å². The van der Waals surface area contributed by atoms with Crippen LogP contribution in [0.1, 0.15) is 25.8 Å². The molecule has 2 aromatic rings. The molecule has 0 radical (unpaired) electrons. The lowest BCUT2D eigenvalue weighted by molar-refractivity contribution is -0.383. The van der Waals surface area contributed by atoms with Gasteiger partial charge in [-0.2, -0.15) is 0 Å². The molecular weight excluding hydrogens is 310 g/mol. The molecule has 0 amide bonds. The molecule has 2 rings (SSSR count). The van der Waals surface area contributed by atoms with E-state index in [2.05, 4.69) is 20.6 Å². The molecule has 24 heavy (non-hydrogen) atoms. The van der Waals surface area contributed by atoms with E-state index in [9.17, 15) is 10.1 Å². The van der Waals surface area contributed by atoms with Crippen LogP contribution in [0.25, 0.3) is 0 Å². The van der Waals surface area contributed by atoms with Gasteiger partial charge in [-0.1, -0.05) is 19.1 Å². The van der Waals surface area contributed by atoms with Crippen molar-refractivity contribution in [2.45, 2.75) is 32.9 Å². The van der Waals surface area contributed by atoms with Crippen LogP contribution in [0.4, 0.5) is 17.3 Å². The molecule has 1 aromatic heterocycles. The summed E-state index contributed by atoms with van der Waals surface area (Å²) in [4.78, 5) is 19.0. The van der Waals surface area contributed by atoms with E-state index in [4.69, 9.17) is 4.74 Å². The Morgan fingerprint density at radius 3 is 2.50 bits per heavy atom. The van der Waals surface area contributed by atoms with E-state index in [0.717, 1.165) is 17.7 Å². The molecule has 1 atom stereocenters. The first-order valence-electron chi connectivity index (χ1n) is 7.67. The van der Waals surface area contributed by atoms with Crippen molar-refractivity contribution in [2.24, 2.45) is 0 Å². The Kier molecular flexibility index (Phi) is 5.89. The van der Waals surface area contributed by atoms with Crippen LogP contribution in [0.3, 0.4) is 0 Å². The van der Waals surface area contributed by atoms with E-state index in [-0.39, 0.29) is 23.4 Å². The van der Waals surface area contributed by atoms with Crippen LogP contribution in [-0.4, -0.2) is 28.0 Å². The van der Waals surface area contributed by atoms with Crippen molar-refractivity contribution in [1.82, 2.24) is 9.97 Å². The Labute approximate surface area is 140 Å². The summed E-state index contributed by atoms with van der Waals surface area (Å²) in [6.45, 7) is 4.34. The molecule has 0 saturated heterocycles. The van der Waals surface area contributed by atoms with E-state index in [1.54, 1.807) is 7.11 Å². The molecule has 0 spiro atoms. The normalized spacial score (nSPS) is 11.6. The lowest BCUT2D eigenvalue weighted by Crippen LogP contribution is -2.17. The predicted octanol–water partition coefficient (Wildman–Crippen LogP) is 3.22. The SMILES string of the molecule is CCC(C)Nc1ncnc(NCc2ccc(OC)cc2)c1[N+](=O)[O-]. The Morgan fingerprint density at radius 2 is 1.92 bits per heavy atom. The fourth-order valence-electron chi connectivity index (χ4n) is 2.05. The average Bonchev–Trinajstić information content (AvgIpc) is 2.60. The van der Waals surface area contributed by atoms with E-state index in [1.165, 1.54) is 6.33 Å². The number of nitro groups is 1. The van der Waals surface area contributed by atoms with Gasteiger partial charge in [-0.3, -0.25) is 10.1 Å². The average molecular weight is 331 g/mol. The zero-order valence-corrected chi connectivity index (χ0v) is 13.9. The zero-order valence-electron chi connectivity index (χ0n) is 13.9. The summed E-state index contributed by atoms with van der Waals surface area (Å²) in [6, 6.07) is 7.52. The highest BCUT2D eigenvalue weighted by atomic mass is 16.6. The number of anilines is 2. The van der Waals surface area contributed by atoms with Crippen molar-refractivity contribution in [2.75, 3.05) is 17.7 Å². The number of rotatable bonds is 8. The molecule has 128 valence electrons. The van der Waals surface area contributed by atoms with Gasteiger partial charge in [-0.05, 0) is 31.0 Å². The number of ether oxygens (including phenoxy) is 1. The first kappa shape index (κ1) is 17.5. The second-order valence-corrected chi connectivity index (χ2v) is 5.33. The van der Waals surface area contributed by atoms with Crippen LogP contribution in [0.5, 0.6) is 5.75 Å². The Bertz CT molecular complexity index is 691. The molecule has 1 unspecified atom stereocenters. The van der Waals surface area contributed by atoms with Crippen molar-refractivity contribution in [3.8, 4) is 5.75 Å². The van der Waals surface area contributed by atoms with Crippen molar-refractivity contribution in [3.05, 3.63) is 46.3 Å². The lowest BCUT2D eigenvalue weighted by atomic mass is 10.2. The summed E-state index contributed by atoms with van der Waals surface area (Å²) >= 11 is 0. The van der Waals surface area contributed by atoms with Gasteiger partial charge in [0, 0.05) is 12.6 Å². The Morgan fingerprint density at radius 1 is 1.25 bits per heavy atom. The first-order chi connectivity index (χ1) is 11.5. The monoisotopic (exact) mass is 331 g/mol. The van der Waals surface area contributed by atoms with Gasteiger partial charge < -0.3 is 15.4 Å². The van der Waals surface area contributed by atoms with Crippen molar-refractivity contribution >= 4 is 17.3 Å². The highest BCUT2D eigenvalue weighted by molar-refractivity contribution is 5.69. The van der Waals surface area contributed by atoms with E-state index < -0.39 is 4.92 Å². The lowest BCUT2D eigenvalue weighted by Gasteiger charge is -2.13. The van der Waals surface area contributed by atoms with Gasteiger partial charge in [-0.25, -0.2) is 9.97 Å². The van der Waals surface area contributed by atoms with Crippen LogP contribution in [-0.2, 0) is 6.54 Å². The standard InChI is InChI=1S/C16H21N5O3/c1-4-11(2)20-16-14(21(22)23)15(18-10-19-16)17-9-12-5-7-13(24-3)8-6-12/h5-8,10-11H,4,9H2,1-3H3,(H2,17,18,19,20). The van der Waals surface area contributed by atoms with Gasteiger partial charge in [-0.15, -0.1) is 0 Å². The van der Waals surface area contributed by atoms with E-state index >= 15 is 0 Å². The fraction of sp³-hybridized carbons (Fsp3) is 0.375. The second kappa shape index (κ2) is 8.09. The van der Waals surface area contributed by atoms with Gasteiger partial charge >= 0.3 is 5.69 Å². The van der Waals surface area contributed by atoms with Crippen LogP contribution in [0, 0.1) is 10.1 Å². The first-order valence-corrected chi connectivity index (χ1v) is 7.67. The number of nitrogens with one attached hydrogen (secondary N) is 2. The minimum absolute atomic E-state index is 0.0769. The fourth-order valence-corrected chi connectivity index (χ4v) is 2.05. The number of benzene rings is 1. The third-order valence-corrected chi connectivity index (χ3v) is 3.62. The smallest absolute Gasteiger partial charge is 0.353 e. The molecule has 0 bridgehead atoms. The summed E-state index contributed by atoms with van der Waals surface area (Å²) < 4.78 is 5.11. The molecule has 0 aliphatic heterocycles. The molecule has 0 fully saturated rings. The van der Waals surface area contributed by atoms with Crippen LogP contribution >= 0.6 is 0 Å². The molecule has 1 aromatic carbocycles. The number of methoxy groups -OCH3 is 1. The molecule has 2 N–H and O–H groups in total. The third-order valence-electron chi connectivity index (χ3n) is 3.62. The summed E-state index contributed by atoms with van der Waals surface area (Å²) in [6.07, 6.45) is 2.14. The summed E-state index contributed by atoms with van der Waals surface area (Å²) in [7, 11) is 1.60. The number of hydrogen-bond donors (Lipinski definition) is 2. The maximum atomic E-state index is 11.4. The minimum atomic E-state index is -0.471. The Hall–Kier alpha value is -2.90. The van der Waals surface area contributed by atoms with Gasteiger partial charge in [0.1, 0.15) is 12.1 Å². The summed E-state index contributed by atoms with van der Waals surface area (Å²) in [5.41, 5.74) is 0.812. The number of hydrogen-bond acceptors (Lipinski definition) is 7. The molecule has 8 heteroatoms. The minimum Gasteiger partial charge on any atom is -0.497 e. The Balaban J connectivity index is 2.19. The maximum Gasteiger partial charge on any atom is 0.353 e. The molecule has 0 aliphatic carbocycles. The molecule has 0 saturated carbocycles. The summed E-state index contributed by atoms with van der Waals surface area (Å²) in [5, 5.41) is 17.5. The third kappa shape index (κ3) is 4.31. The molecule has 1 heterocycles. The predicted molar refractivity (Wildman–Crippen MR) is 92.4 cm³/mol. The zero-order chi connectivity index (χ0) is 17.5. The molecule has 8 nitrogen and oxygen atoms in total. The highest BCUT2D eigenvalue weighted by Crippen LogP contribution is 2.29. The van der Waals surface area contributed by atoms with Crippen LogP contribution < -0.4 is 15.4 Å². The van der Waals surface area contributed by atoms with Crippen LogP contribution in [0.15, 0.2) is 30.6 Å². The molecular formula is C16H21N5O3. The topological polar surface area (TPSA) is 102 Å². The molecule has 0 aliphatic rings. The van der Waals surface area contributed by atoms with E-state index in [1.807, 2.05) is 38.1 Å². The van der Waals surface area contributed by atoms with E-state index in [0.29, 0.717) is 6.54 Å². The number of nitrogens with zero attached hydrogens (tertiary/aromatic N) is 3. The second-order valence-electron chi connectivity index (χ2n) is 5.33. The highest BCUT2D eigenvalue weighted by Gasteiger charge is 2.23. The van der Waals surface area contributed by atoms with Crippen molar-refractivity contribution in [1.29, 1.82) is 0 Å². The largest absolute Gasteiger partial charge is 0.497 e. The van der Waals surface area contributed by atoms with Crippen molar-refractivity contribution in [3.63, 3.8) is 0 Å². The van der Waals surface area contributed by atoms with Gasteiger partial charge in [0.2, 0.25) is 11.6 Å².